The number of hydrogen-bond donors (Lipinski definition) is 1. The number of carbonyl (C=O) groups excluding carboxylic acids is 1. The maximum atomic E-state index is 11.8. The molecular weight excluding hydrogens is 178 g/mol. The molecule has 0 radical (unpaired) electrons. The van der Waals surface area contributed by atoms with Gasteiger partial charge in [-0.3, -0.25) is 4.79 Å². The average molecular weight is 201 g/mol. The summed E-state index contributed by atoms with van der Waals surface area (Å²) < 4.78 is 4.99. The Kier molecular flexibility index (Phi) is 6.75. The van der Waals surface area contributed by atoms with Crippen LogP contribution in [-0.4, -0.2) is 31.6 Å². The Labute approximate surface area is 87.2 Å². The smallest absolute Gasteiger partial charge is 0.152 e. The molecule has 0 saturated heterocycles. The monoisotopic (exact) mass is 201 g/mol. The lowest BCUT2D eigenvalue weighted by molar-refractivity contribution is -0.124. The number of hydrogen-bond acceptors (Lipinski definition) is 3. The Bertz CT molecular complexity index is 167. The molecule has 0 bridgehead atoms. The molecule has 0 saturated carbocycles. The van der Waals surface area contributed by atoms with Crippen LogP contribution in [0.2, 0.25) is 0 Å². The average Bonchev–Trinajstić information content (AvgIpc) is 2.10. The van der Waals surface area contributed by atoms with Gasteiger partial charge in [-0.2, -0.15) is 0 Å². The first-order valence-electron chi connectivity index (χ1n) is 5.27. The highest BCUT2D eigenvalue weighted by molar-refractivity contribution is 5.85. The Hall–Kier alpha value is -0.410. The van der Waals surface area contributed by atoms with Gasteiger partial charge in [0.25, 0.3) is 0 Å². The third-order valence-electron chi connectivity index (χ3n) is 2.06. The third-order valence-corrected chi connectivity index (χ3v) is 2.06. The molecule has 0 aromatic carbocycles. The predicted octanol–water partition coefficient (Wildman–Crippen LogP) is 1.61. The molecule has 0 spiro atoms. The summed E-state index contributed by atoms with van der Waals surface area (Å²) in [6, 6.07) is 0.273. The molecule has 3 heteroatoms. The van der Waals surface area contributed by atoms with E-state index >= 15 is 0 Å². The van der Waals surface area contributed by atoms with Gasteiger partial charge in [0.05, 0.1) is 6.04 Å². The molecule has 14 heavy (non-hydrogen) atoms. The van der Waals surface area contributed by atoms with Crippen LogP contribution in [0.15, 0.2) is 0 Å². The molecule has 0 aliphatic rings. The van der Waals surface area contributed by atoms with E-state index < -0.39 is 0 Å². The molecule has 1 atom stereocenters. The van der Waals surface area contributed by atoms with E-state index in [2.05, 4.69) is 5.32 Å². The van der Waals surface area contributed by atoms with Gasteiger partial charge in [-0.25, -0.2) is 0 Å². The Morgan fingerprint density at radius 2 is 1.86 bits per heavy atom. The molecule has 0 aliphatic heterocycles. The van der Waals surface area contributed by atoms with Crippen LogP contribution in [0.4, 0.5) is 0 Å². The lowest BCUT2D eigenvalue weighted by Crippen LogP contribution is -2.43. The summed E-state index contributed by atoms with van der Waals surface area (Å²) in [6.07, 6.45) is 0.756. The van der Waals surface area contributed by atoms with Crippen LogP contribution in [0.3, 0.4) is 0 Å². The van der Waals surface area contributed by atoms with Crippen LogP contribution in [0, 0.1) is 5.92 Å². The molecule has 0 heterocycles. The summed E-state index contributed by atoms with van der Waals surface area (Å²) in [5.41, 5.74) is 0. The summed E-state index contributed by atoms with van der Waals surface area (Å²) in [5.74, 6) is 0.360. The van der Waals surface area contributed by atoms with Crippen molar-refractivity contribution >= 4 is 5.78 Å². The Morgan fingerprint density at radius 1 is 1.29 bits per heavy atom. The zero-order valence-corrected chi connectivity index (χ0v) is 9.96. The zero-order chi connectivity index (χ0) is 11.1. The van der Waals surface area contributed by atoms with E-state index in [1.807, 2.05) is 27.7 Å². The van der Waals surface area contributed by atoms with Crippen molar-refractivity contribution < 1.29 is 9.53 Å². The number of methoxy groups -OCH3 is 1. The molecule has 0 fully saturated rings. The van der Waals surface area contributed by atoms with Gasteiger partial charge in [0.1, 0.15) is 0 Å². The van der Waals surface area contributed by atoms with Crippen molar-refractivity contribution in [2.45, 2.75) is 46.2 Å². The Morgan fingerprint density at radius 3 is 2.21 bits per heavy atom. The summed E-state index contributed by atoms with van der Waals surface area (Å²) in [6.45, 7) is 8.60. The summed E-state index contributed by atoms with van der Waals surface area (Å²) >= 11 is 0. The molecule has 0 aromatic heterocycles. The minimum atomic E-state index is -0.0602. The van der Waals surface area contributed by atoms with Gasteiger partial charge in [-0.15, -0.1) is 0 Å². The fraction of sp³-hybridized carbons (Fsp3) is 0.909. The van der Waals surface area contributed by atoms with Crippen molar-refractivity contribution in [1.29, 1.82) is 0 Å². The van der Waals surface area contributed by atoms with Crippen molar-refractivity contribution in [2.75, 3.05) is 13.7 Å². The van der Waals surface area contributed by atoms with Gasteiger partial charge in [-0.05, 0) is 6.42 Å². The summed E-state index contributed by atoms with van der Waals surface area (Å²) in [4.78, 5) is 11.8. The summed E-state index contributed by atoms with van der Waals surface area (Å²) in [7, 11) is 1.66. The van der Waals surface area contributed by atoms with E-state index in [9.17, 15) is 4.79 Å². The van der Waals surface area contributed by atoms with Gasteiger partial charge < -0.3 is 10.1 Å². The van der Waals surface area contributed by atoms with Gasteiger partial charge in [0.2, 0.25) is 0 Å². The maximum absolute atomic E-state index is 11.8. The lowest BCUT2D eigenvalue weighted by atomic mass is 9.99. The predicted molar refractivity (Wildman–Crippen MR) is 58.4 cm³/mol. The quantitative estimate of drug-likeness (QED) is 0.680. The van der Waals surface area contributed by atoms with E-state index in [0.717, 1.165) is 6.42 Å². The second-order valence-corrected chi connectivity index (χ2v) is 4.21. The summed E-state index contributed by atoms with van der Waals surface area (Å²) in [5, 5.41) is 3.27. The number of ether oxygens (including phenoxy) is 1. The van der Waals surface area contributed by atoms with E-state index in [4.69, 9.17) is 4.74 Å². The van der Waals surface area contributed by atoms with Crippen molar-refractivity contribution in [3.8, 4) is 0 Å². The van der Waals surface area contributed by atoms with Crippen LogP contribution in [0.1, 0.15) is 34.1 Å². The third kappa shape index (κ3) is 5.35. The van der Waals surface area contributed by atoms with Crippen LogP contribution >= 0.6 is 0 Å². The highest BCUT2D eigenvalue weighted by Crippen LogP contribution is 2.04. The minimum absolute atomic E-state index is 0.0602. The normalized spacial score (nSPS) is 13.6. The second kappa shape index (κ2) is 6.96. The van der Waals surface area contributed by atoms with Crippen LogP contribution in [0.5, 0.6) is 0 Å². The first kappa shape index (κ1) is 13.6. The largest absolute Gasteiger partial charge is 0.385 e. The molecule has 84 valence electrons. The van der Waals surface area contributed by atoms with Gasteiger partial charge in [-0.1, -0.05) is 27.7 Å². The second-order valence-electron chi connectivity index (χ2n) is 4.21. The number of nitrogens with one attached hydrogen (secondary N) is 1. The lowest BCUT2D eigenvalue weighted by Gasteiger charge is -2.21. The fourth-order valence-electron chi connectivity index (χ4n) is 1.35. The topological polar surface area (TPSA) is 38.3 Å². The fourth-order valence-corrected chi connectivity index (χ4v) is 1.35. The standard InChI is InChI=1S/C11H23NO2/c1-8(2)11(13)10(6-7-14-5)12-9(3)4/h8-10,12H,6-7H2,1-5H3/t10-/m0/s1. The van der Waals surface area contributed by atoms with Crippen molar-refractivity contribution in [3.63, 3.8) is 0 Å². The molecule has 0 aromatic rings. The first-order valence-corrected chi connectivity index (χ1v) is 5.27. The first-order chi connectivity index (χ1) is 6.49. The van der Waals surface area contributed by atoms with Crippen LogP contribution < -0.4 is 5.32 Å². The number of rotatable bonds is 7. The molecule has 0 unspecified atom stereocenters. The van der Waals surface area contributed by atoms with E-state index in [-0.39, 0.29) is 17.7 Å². The van der Waals surface area contributed by atoms with Gasteiger partial charge >= 0.3 is 0 Å². The van der Waals surface area contributed by atoms with E-state index in [1.165, 1.54) is 0 Å². The van der Waals surface area contributed by atoms with E-state index in [1.54, 1.807) is 7.11 Å². The molecular formula is C11H23NO2. The van der Waals surface area contributed by atoms with Gasteiger partial charge in [0, 0.05) is 25.7 Å². The SMILES string of the molecule is COCC[C@H](NC(C)C)C(=O)C(C)C. The molecule has 1 N–H and O–H groups in total. The molecule has 0 aliphatic carbocycles. The molecule has 0 amide bonds. The van der Waals surface area contributed by atoms with Crippen molar-refractivity contribution in [1.82, 2.24) is 5.32 Å². The highest BCUT2D eigenvalue weighted by Gasteiger charge is 2.20. The van der Waals surface area contributed by atoms with Crippen LogP contribution in [0.25, 0.3) is 0 Å². The highest BCUT2D eigenvalue weighted by atomic mass is 16.5. The number of ketones is 1. The number of Topliss-reactive ketones (excluding diaryl/α,β-unsaturated/α-hetero) is 1. The Balaban J connectivity index is 4.15. The van der Waals surface area contributed by atoms with E-state index in [0.29, 0.717) is 12.6 Å². The molecule has 0 rings (SSSR count). The maximum Gasteiger partial charge on any atom is 0.152 e. The molecule has 3 nitrogen and oxygen atoms in total. The zero-order valence-electron chi connectivity index (χ0n) is 9.96. The number of carbonyl (C=O) groups is 1. The minimum Gasteiger partial charge on any atom is -0.385 e. The van der Waals surface area contributed by atoms with Crippen molar-refractivity contribution in [2.24, 2.45) is 5.92 Å². The van der Waals surface area contributed by atoms with Crippen molar-refractivity contribution in [3.05, 3.63) is 0 Å². The van der Waals surface area contributed by atoms with Gasteiger partial charge in [0.15, 0.2) is 5.78 Å². The van der Waals surface area contributed by atoms with Crippen LogP contribution in [-0.2, 0) is 9.53 Å².